The number of alkyl halides is 3. The van der Waals surface area contributed by atoms with Crippen LogP contribution in [0.15, 0.2) is 16.5 Å². The van der Waals surface area contributed by atoms with Crippen LogP contribution < -0.4 is 15.0 Å². The van der Waals surface area contributed by atoms with Gasteiger partial charge in [0.25, 0.3) is 11.9 Å². The summed E-state index contributed by atoms with van der Waals surface area (Å²) >= 11 is 0. The molecular formula is C25H29F4N3O4. The van der Waals surface area contributed by atoms with Crippen LogP contribution in [0.1, 0.15) is 48.0 Å². The molecule has 3 aliphatic rings. The number of hydrogen-bond donors (Lipinski definition) is 1. The molecule has 1 aliphatic heterocycles. The topological polar surface area (TPSA) is 76.8 Å². The van der Waals surface area contributed by atoms with E-state index in [0.29, 0.717) is 37.1 Å². The number of anilines is 2. The largest absolute Gasteiger partial charge is 0.487 e. The van der Waals surface area contributed by atoms with Crippen LogP contribution in [-0.2, 0) is 11.2 Å². The second-order valence-corrected chi connectivity index (χ2v) is 10.7. The normalized spacial score (nSPS) is 24.3. The number of hydrogen-bond acceptors (Lipinski definition) is 6. The summed E-state index contributed by atoms with van der Waals surface area (Å²) in [5.74, 6) is -0.640. The van der Waals surface area contributed by atoms with Crippen molar-refractivity contribution in [1.29, 1.82) is 0 Å². The van der Waals surface area contributed by atoms with Gasteiger partial charge in [0.1, 0.15) is 12.2 Å². The number of halogens is 4. The third-order valence-electron chi connectivity index (χ3n) is 7.14. The van der Waals surface area contributed by atoms with Gasteiger partial charge in [-0.05, 0) is 49.7 Å². The number of fused-ring (bicyclic) bond motifs is 1. The van der Waals surface area contributed by atoms with E-state index in [0.717, 1.165) is 18.9 Å². The molecule has 3 atom stereocenters. The standard InChI is InChI=1S/C25H29F4N3O4/c1-13-4-16(8-18(26)21(13)35-17-6-14-5-15(14)7-17)30-22(33)20-19(9-25(27,28)29)36-23(31-20)32-10-24(2,11-32)12-34-3/h4,8,14-15,17H,5-7,9-12H2,1-3H3,(H,30,33)/t14-,15?,17?/m1/s1. The van der Waals surface area contributed by atoms with Crippen LogP contribution in [0.3, 0.4) is 0 Å². The summed E-state index contributed by atoms with van der Waals surface area (Å²) in [6.45, 7) is 5.03. The monoisotopic (exact) mass is 511 g/mol. The molecule has 1 saturated heterocycles. The summed E-state index contributed by atoms with van der Waals surface area (Å²) < 4.78 is 70.8. The van der Waals surface area contributed by atoms with E-state index in [9.17, 15) is 22.4 Å². The van der Waals surface area contributed by atoms with Crippen molar-refractivity contribution in [2.24, 2.45) is 17.3 Å². The van der Waals surface area contributed by atoms with E-state index in [1.54, 1.807) is 18.9 Å². The van der Waals surface area contributed by atoms with Crippen molar-refractivity contribution in [3.63, 3.8) is 0 Å². The highest BCUT2D eigenvalue weighted by molar-refractivity contribution is 6.04. The van der Waals surface area contributed by atoms with Crippen molar-refractivity contribution < 1.29 is 36.2 Å². The molecule has 0 spiro atoms. The molecule has 2 aromatic rings. The molecule has 2 saturated carbocycles. The van der Waals surface area contributed by atoms with Gasteiger partial charge < -0.3 is 24.1 Å². The number of carbonyl (C=O) groups is 1. The maximum Gasteiger partial charge on any atom is 0.396 e. The van der Waals surface area contributed by atoms with Crippen LogP contribution >= 0.6 is 0 Å². The molecular weight excluding hydrogens is 482 g/mol. The van der Waals surface area contributed by atoms with Crippen LogP contribution in [0.5, 0.6) is 5.75 Å². The lowest BCUT2D eigenvalue weighted by atomic mass is 9.83. The Kier molecular flexibility index (Phi) is 6.17. The Hall–Kier alpha value is -2.82. The van der Waals surface area contributed by atoms with Crippen LogP contribution in [0.25, 0.3) is 0 Å². The summed E-state index contributed by atoms with van der Waals surface area (Å²) in [6, 6.07) is 2.57. The highest BCUT2D eigenvalue weighted by atomic mass is 19.4. The van der Waals surface area contributed by atoms with Gasteiger partial charge in [0.2, 0.25) is 0 Å². The van der Waals surface area contributed by atoms with Crippen molar-refractivity contribution in [3.8, 4) is 5.75 Å². The quantitative estimate of drug-likeness (QED) is 0.496. The fourth-order valence-electron chi connectivity index (χ4n) is 5.47. The summed E-state index contributed by atoms with van der Waals surface area (Å²) in [5, 5.41) is 2.46. The van der Waals surface area contributed by atoms with Crippen molar-refractivity contribution in [1.82, 2.24) is 4.98 Å². The highest BCUT2D eigenvalue weighted by Gasteiger charge is 2.47. The first-order valence-electron chi connectivity index (χ1n) is 12.0. The lowest BCUT2D eigenvalue weighted by Gasteiger charge is -2.46. The summed E-state index contributed by atoms with van der Waals surface area (Å²) in [5.41, 5.74) is -0.0876. The van der Waals surface area contributed by atoms with E-state index < -0.39 is 35.8 Å². The molecule has 1 amide bonds. The van der Waals surface area contributed by atoms with Crippen LogP contribution in [0.2, 0.25) is 0 Å². The number of nitrogens with one attached hydrogen (secondary N) is 1. The minimum Gasteiger partial charge on any atom is -0.487 e. The summed E-state index contributed by atoms with van der Waals surface area (Å²) in [6.07, 6.45) is -3.02. The Morgan fingerprint density at radius 1 is 1.25 bits per heavy atom. The zero-order chi connectivity index (χ0) is 25.8. The van der Waals surface area contributed by atoms with E-state index in [1.165, 1.54) is 12.5 Å². The zero-order valence-corrected chi connectivity index (χ0v) is 20.4. The van der Waals surface area contributed by atoms with Crippen molar-refractivity contribution in [2.75, 3.05) is 37.0 Å². The van der Waals surface area contributed by atoms with Gasteiger partial charge in [-0.25, -0.2) is 4.39 Å². The molecule has 7 nitrogen and oxygen atoms in total. The Morgan fingerprint density at radius 2 is 1.94 bits per heavy atom. The molecule has 2 aliphatic carbocycles. The van der Waals surface area contributed by atoms with Gasteiger partial charge in [0, 0.05) is 37.4 Å². The molecule has 196 valence electrons. The van der Waals surface area contributed by atoms with Gasteiger partial charge in [0.15, 0.2) is 17.3 Å². The third-order valence-corrected chi connectivity index (χ3v) is 7.14. The van der Waals surface area contributed by atoms with Crippen molar-refractivity contribution in [3.05, 3.63) is 35.0 Å². The zero-order valence-electron chi connectivity index (χ0n) is 20.4. The number of amides is 1. The van der Waals surface area contributed by atoms with Crippen molar-refractivity contribution >= 4 is 17.6 Å². The first-order chi connectivity index (χ1) is 16.9. The highest BCUT2D eigenvalue weighted by Crippen LogP contribution is 2.52. The van der Waals surface area contributed by atoms with Gasteiger partial charge in [-0.3, -0.25) is 4.79 Å². The summed E-state index contributed by atoms with van der Waals surface area (Å²) in [7, 11) is 1.57. The molecule has 3 fully saturated rings. The Balaban J connectivity index is 1.31. The number of oxazole rings is 1. The molecule has 2 unspecified atom stereocenters. The molecule has 36 heavy (non-hydrogen) atoms. The van der Waals surface area contributed by atoms with Gasteiger partial charge >= 0.3 is 6.18 Å². The Morgan fingerprint density at radius 3 is 2.56 bits per heavy atom. The molecule has 1 N–H and O–H groups in total. The maximum atomic E-state index is 14.9. The Bertz CT molecular complexity index is 1130. The van der Waals surface area contributed by atoms with Crippen molar-refractivity contribution in [2.45, 2.75) is 51.8 Å². The lowest BCUT2D eigenvalue weighted by Crippen LogP contribution is -2.57. The van der Waals surface area contributed by atoms with E-state index in [2.05, 4.69) is 10.3 Å². The minimum atomic E-state index is -4.60. The smallest absolute Gasteiger partial charge is 0.396 e. The number of nitrogens with zero attached hydrogens (tertiary/aromatic N) is 2. The predicted molar refractivity (Wildman–Crippen MR) is 123 cm³/mol. The first kappa shape index (κ1) is 24.9. The van der Waals surface area contributed by atoms with Gasteiger partial charge in [-0.15, -0.1) is 0 Å². The van der Waals surface area contributed by atoms with E-state index >= 15 is 0 Å². The van der Waals surface area contributed by atoms with Gasteiger partial charge in [-0.2, -0.15) is 18.2 Å². The van der Waals surface area contributed by atoms with E-state index in [4.69, 9.17) is 13.9 Å². The second kappa shape index (κ2) is 8.93. The van der Waals surface area contributed by atoms with E-state index in [1.807, 2.05) is 6.92 Å². The van der Waals surface area contributed by atoms with Gasteiger partial charge in [-0.1, -0.05) is 6.92 Å². The maximum absolute atomic E-state index is 14.9. The molecule has 0 bridgehead atoms. The second-order valence-electron chi connectivity index (χ2n) is 10.7. The molecule has 11 heteroatoms. The fourth-order valence-corrected chi connectivity index (χ4v) is 5.47. The molecule has 1 aromatic carbocycles. The first-order valence-corrected chi connectivity index (χ1v) is 12.0. The minimum absolute atomic E-state index is 0.0203. The van der Waals surface area contributed by atoms with Crippen LogP contribution in [-0.4, -0.2) is 50.0 Å². The molecule has 5 rings (SSSR count). The number of ether oxygens (including phenoxy) is 2. The third kappa shape index (κ3) is 5.16. The average molecular weight is 512 g/mol. The SMILES string of the molecule is COCC1(C)CN(c2nc(C(=O)Nc3cc(C)c(OC4CC5C[C@@H]5C4)c(F)c3)c(CC(F)(F)F)o2)C1. The number of benzene rings is 1. The molecule has 1 aromatic heterocycles. The number of aryl methyl sites for hydroxylation is 1. The number of carbonyl (C=O) groups excluding carboxylic acids is 1. The molecule has 0 radical (unpaired) electrons. The molecule has 2 heterocycles. The number of methoxy groups -OCH3 is 1. The van der Waals surface area contributed by atoms with E-state index in [-0.39, 0.29) is 29.0 Å². The predicted octanol–water partition coefficient (Wildman–Crippen LogP) is 5.13. The van der Waals surface area contributed by atoms with Crippen LogP contribution in [0.4, 0.5) is 29.3 Å². The average Bonchev–Trinajstić information content (AvgIpc) is 3.15. The number of rotatable bonds is 8. The fraction of sp³-hybridized carbons (Fsp3) is 0.600. The Labute approximate surface area is 206 Å². The summed E-state index contributed by atoms with van der Waals surface area (Å²) in [4.78, 5) is 18.6. The number of aromatic nitrogens is 1. The van der Waals surface area contributed by atoms with Gasteiger partial charge in [0.05, 0.1) is 12.7 Å². The lowest BCUT2D eigenvalue weighted by molar-refractivity contribution is -0.130. The van der Waals surface area contributed by atoms with Crippen LogP contribution in [0, 0.1) is 30.0 Å².